The van der Waals surface area contributed by atoms with Crippen molar-refractivity contribution in [2.45, 2.75) is 6.16 Å². The third kappa shape index (κ3) is 0.997. The van der Waals surface area contributed by atoms with Crippen molar-refractivity contribution < 1.29 is 0 Å². The molecule has 3 heteroatoms. The van der Waals surface area contributed by atoms with Gasteiger partial charge in [-0.05, 0) is 17.8 Å². The average Bonchev–Trinajstić information content (AvgIpc) is 2.44. The van der Waals surface area contributed by atoms with E-state index in [1.165, 1.54) is 10.9 Å². The lowest BCUT2D eigenvalue weighted by Crippen LogP contribution is -2.04. The van der Waals surface area contributed by atoms with Crippen molar-refractivity contribution in [3.63, 3.8) is 0 Å². The molecule has 0 aliphatic carbocycles. The molecule has 0 aliphatic rings. The van der Waals surface area contributed by atoms with Gasteiger partial charge in [0.2, 0.25) is 0 Å². The molecule has 1 aromatic carbocycles. The van der Waals surface area contributed by atoms with Gasteiger partial charge in [0.15, 0.2) is 0 Å². The molecule has 0 bridgehead atoms. The second-order valence-electron chi connectivity index (χ2n) is 2.78. The SMILES string of the molecule is Nn1cc(CP)c2ccccc21. The minimum absolute atomic E-state index is 0.949. The van der Waals surface area contributed by atoms with Crippen LogP contribution in [-0.2, 0) is 6.16 Å². The van der Waals surface area contributed by atoms with Gasteiger partial charge in [-0.2, -0.15) is 0 Å². The minimum atomic E-state index is 0.949. The molecule has 2 aromatic rings. The van der Waals surface area contributed by atoms with Crippen LogP contribution in [0.15, 0.2) is 30.5 Å². The molecular formula is C9H11N2P. The Morgan fingerprint density at radius 2 is 2.08 bits per heavy atom. The van der Waals surface area contributed by atoms with Gasteiger partial charge in [0, 0.05) is 11.6 Å². The molecule has 1 unspecified atom stereocenters. The molecule has 2 nitrogen and oxygen atoms in total. The summed E-state index contributed by atoms with van der Waals surface area (Å²) in [6, 6.07) is 8.15. The van der Waals surface area contributed by atoms with Crippen molar-refractivity contribution in [1.82, 2.24) is 4.68 Å². The first kappa shape index (κ1) is 7.63. The van der Waals surface area contributed by atoms with Gasteiger partial charge in [0.1, 0.15) is 0 Å². The molecule has 0 radical (unpaired) electrons. The van der Waals surface area contributed by atoms with E-state index in [9.17, 15) is 0 Å². The Hall–Kier alpha value is -1.01. The zero-order valence-corrected chi connectivity index (χ0v) is 7.85. The molecule has 0 fully saturated rings. The number of hydrogen-bond acceptors (Lipinski definition) is 1. The van der Waals surface area contributed by atoms with E-state index in [0.717, 1.165) is 11.7 Å². The molecule has 1 aromatic heterocycles. The summed E-state index contributed by atoms with van der Waals surface area (Å²) in [6.07, 6.45) is 2.92. The van der Waals surface area contributed by atoms with Crippen LogP contribution in [0, 0.1) is 0 Å². The fourth-order valence-electron chi connectivity index (χ4n) is 1.44. The summed E-state index contributed by atoms with van der Waals surface area (Å²) in [6.45, 7) is 0. The highest BCUT2D eigenvalue weighted by Crippen LogP contribution is 2.20. The third-order valence-corrected chi connectivity index (χ3v) is 2.48. The number of fused-ring (bicyclic) bond motifs is 1. The molecule has 0 spiro atoms. The van der Waals surface area contributed by atoms with Gasteiger partial charge in [-0.3, -0.25) is 4.68 Å². The highest BCUT2D eigenvalue weighted by atomic mass is 31.0. The van der Waals surface area contributed by atoms with Crippen LogP contribution in [0.2, 0.25) is 0 Å². The normalized spacial score (nSPS) is 10.8. The van der Waals surface area contributed by atoms with Crippen LogP contribution in [0.3, 0.4) is 0 Å². The average molecular weight is 178 g/mol. The van der Waals surface area contributed by atoms with Crippen LogP contribution in [0.4, 0.5) is 0 Å². The molecule has 0 saturated heterocycles. The largest absolute Gasteiger partial charge is 0.339 e. The zero-order valence-electron chi connectivity index (χ0n) is 6.70. The van der Waals surface area contributed by atoms with Crippen LogP contribution in [-0.4, -0.2) is 4.68 Å². The number of rotatable bonds is 1. The molecule has 2 rings (SSSR count). The summed E-state index contributed by atoms with van der Waals surface area (Å²) in [5.74, 6) is 5.76. The lowest BCUT2D eigenvalue weighted by Gasteiger charge is -1.93. The molecule has 0 aliphatic heterocycles. The summed E-state index contributed by atoms with van der Waals surface area (Å²) in [4.78, 5) is 0. The molecule has 0 amide bonds. The Morgan fingerprint density at radius 3 is 2.83 bits per heavy atom. The molecular weight excluding hydrogens is 167 g/mol. The number of nitrogen functional groups attached to an aromatic ring is 1. The van der Waals surface area contributed by atoms with E-state index in [-0.39, 0.29) is 0 Å². The van der Waals surface area contributed by atoms with Gasteiger partial charge >= 0.3 is 0 Å². The number of hydrogen-bond donors (Lipinski definition) is 1. The van der Waals surface area contributed by atoms with E-state index in [1.54, 1.807) is 4.68 Å². The molecule has 0 saturated carbocycles. The monoisotopic (exact) mass is 178 g/mol. The van der Waals surface area contributed by atoms with E-state index >= 15 is 0 Å². The van der Waals surface area contributed by atoms with E-state index in [4.69, 9.17) is 5.84 Å². The van der Waals surface area contributed by atoms with Gasteiger partial charge in [-0.15, -0.1) is 9.24 Å². The fourth-order valence-corrected chi connectivity index (χ4v) is 1.77. The standard InChI is InChI=1S/C9H11N2P/c10-11-5-7(6-12)8-3-1-2-4-9(8)11/h1-5H,6,10,12H2. The zero-order chi connectivity index (χ0) is 8.55. The number of para-hydroxylation sites is 1. The number of nitrogens with two attached hydrogens (primary N) is 1. The van der Waals surface area contributed by atoms with Crippen molar-refractivity contribution in [1.29, 1.82) is 0 Å². The lowest BCUT2D eigenvalue weighted by molar-refractivity contribution is 1.06. The summed E-state index contributed by atoms with van der Waals surface area (Å²) < 4.78 is 1.68. The van der Waals surface area contributed by atoms with Crippen molar-refractivity contribution in [3.8, 4) is 0 Å². The van der Waals surface area contributed by atoms with E-state index in [2.05, 4.69) is 15.3 Å². The maximum absolute atomic E-state index is 5.76. The molecule has 1 heterocycles. The van der Waals surface area contributed by atoms with Crippen LogP contribution >= 0.6 is 9.24 Å². The predicted octanol–water partition coefficient (Wildman–Crippen LogP) is 1.73. The molecule has 2 N–H and O–H groups in total. The molecule has 12 heavy (non-hydrogen) atoms. The second kappa shape index (κ2) is 2.80. The van der Waals surface area contributed by atoms with Gasteiger partial charge in [0.25, 0.3) is 0 Å². The van der Waals surface area contributed by atoms with Crippen LogP contribution in [0.5, 0.6) is 0 Å². The van der Waals surface area contributed by atoms with Crippen LogP contribution in [0.25, 0.3) is 10.9 Å². The Labute approximate surface area is 73.5 Å². The lowest BCUT2D eigenvalue weighted by atomic mass is 10.2. The quantitative estimate of drug-likeness (QED) is 0.523. The molecule has 62 valence electrons. The smallest absolute Gasteiger partial charge is 0.0693 e. The number of nitrogens with zero attached hydrogens (tertiary/aromatic N) is 1. The van der Waals surface area contributed by atoms with Crippen molar-refractivity contribution >= 4 is 20.1 Å². The van der Waals surface area contributed by atoms with Gasteiger partial charge in [-0.25, -0.2) is 0 Å². The molecule has 1 atom stereocenters. The third-order valence-electron chi connectivity index (χ3n) is 2.04. The van der Waals surface area contributed by atoms with Gasteiger partial charge in [0.05, 0.1) is 5.52 Å². The first-order chi connectivity index (χ1) is 5.83. The highest BCUT2D eigenvalue weighted by molar-refractivity contribution is 7.15. The highest BCUT2D eigenvalue weighted by Gasteiger charge is 2.02. The number of aromatic nitrogens is 1. The Bertz CT molecular complexity index is 406. The first-order valence-corrected chi connectivity index (χ1v) is 4.68. The van der Waals surface area contributed by atoms with Crippen molar-refractivity contribution in [2.24, 2.45) is 0 Å². The first-order valence-electron chi connectivity index (χ1n) is 3.87. The Morgan fingerprint density at radius 1 is 1.33 bits per heavy atom. The van der Waals surface area contributed by atoms with Gasteiger partial charge < -0.3 is 5.84 Å². The van der Waals surface area contributed by atoms with Crippen LogP contribution < -0.4 is 5.84 Å². The Balaban J connectivity index is 2.82. The van der Waals surface area contributed by atoms with Crippen LogP contribution in [0.1, 0.15) is 5.56 Å². The van der Waals surface area contributed by atoms with E-state index in [1.807, 2.05) is 24.4 Å². The summed E-state index contributed by atoms with van der Waals surface area (Å²) in [5.41, 5.74) is 2.37. The fraction of sp³-hybridized carbons (Fsp3) is 0.111. The number of benzene rings is 1. The summed E-state index contributed by atoms with van der Waals surface area (Å²) in [5, 5.41) is 1.25. The summed E-state index contributed by atoms with van der Waals surface area (Å²) in [7, 11) is 2.71. The van der Waals surface area contributed by atoms with E-state index in [0.29, 0.717) is 0 Å². The van der Waals surface area contributed by atoms with Crippen molar-refractivity contribution in [2.75, 3.05) is 5.84 Å². The minimum Gasteiger partial charge on any atom is -0.339 e. The van der Waals surface area contributed by atoms with E-state index < -0.39 is 0 Å². The maximum Gasteiger partial charge on any atom is 0.0693 e. The van der Waals surface area contributed by atoms with Gasteiger partial charge in [-0.1, -0.05) is 18.2 Å². The predicted molar refractivity (Wildman–Crippen MR) is 55.5 cm³/mol. The topological polar surface area (TPSA) is 30.9 Å². The summed E-state index contributed by atoms with van der Waals surface area (Å²) >= 11 is 0. The Kier molecular flexibility index (Phi) is 1.78. The van der Waals surface area contributed by atoms with Crippen molar-refractivity contribution in [3.05, 3.63) is 36.0 Å². The maximum atomic E-state index is 5.76. The second-order valence-corrected chi connectivity index (χ2v) is 3.19.